The zero-order valence-corrected chi connectivity index (χ0v) is 14.6. The fourth-order valence-corrected chi connectivity index (χ4v) is 3.19. The van der Waals surface area contributed by atoms with Gasteiger partial charge in [0.15, 0.2) is 5.82 Å². The van der Waals surface area contributed by atoms with Gasteiger partial charge in [-0.25, -0.2) is 14.8 Å². The topological polar surface area (TPSA) is 72.3 Å². The molecule has 1 aromatic heterocycles. The molecule has 4 rings (SSSR count). The molecule has 134 valence electrons. The number of fused-ring (bicyclic) bond motifs is 1. The predicted octanol–water partition coefficient (Wildman–Crippen LogP) is 4.08. The Morgan fingerprint density at radius 1 is 1.07 bits per heavy atom. The second-order valence-corrected chi connectivity index (χ2v) is 6.28. The van der Waals surface area contributed by atoms with Gasteiger partial charge in [-0.15, -0.1) is 0 Å². The summed E-state index contributed by atoms with van der Waals surface area (Å²) in [6.07, 6.45) is 5.89. The SMILES string of the molecule is O=C(O)c1cnc(-c2ccccc2)nc1/C=C/c1cccc2c1CCOC2. The lowest BCUT2D eigenvalue weighted by atomic mass is 9.96. The van der Waals surface area contributed by atoms with Crippen LogP contribution in [0.5, 0.6) is 0 Å². The number of carboxylic acid groups (broad SMARTS) is 1. The lowest BCUT2D eigenvalue weighted by Crippen LogP contribution is -2.11. The number of ether oxygens (including phenoxy) is 1. The fourth-order valence-electron chi connectivity index (χ4n) is 3.19. The standard InChI is InChI=1S/C22H18N2O3/c25-22(26)19-13-23-21(16-5-2-1-3-6-16)24-20(19)10-9-15-7-4-8-17-14-27-12-11-18(15)17/h1-10,13H,11-12,14H2,(H,25,26)/b10-9+. The first-order valence-electron chi connectivity index (χ1n) is 8.75. The number of carbonyl (C=O) groups is 1. The Balaban J connectivity index is 1.74. The molecule has 0 saturated heterocycles. The highest BCUT2D eigenvalue weighted by Crippen LogP contribution is 2.23. The lowest BCUT2D eigenvalue weighted by Gasteiger charge is -2.18. The molecule has 2 aromatic carbocycles. The van der Waals surface area contributed by atoms with Crippen LogP contribution in [0.15, 0.2) is 54.7 Å². The van der Waals surface area contributed by atoms with E-state index in [0.717, 1.165) is 17.5 Å². The van der Waals surface area contributed by atoms with Crippen LogP contribution in [-0.2, 0) is 17.8 Å². The number of benzene rings is 2. The summed E-state index contributed by atoms with van der Waals surface area (Å²) in [5.74, 6) is -0.540. The van der Waals surface area contributed by atoms with Gasteiger partial charge in [0.2, 0.25) is 0 Å². The zero-order valence-electron chi connectivity index (χ0n) is 14.6. The molecule has 5 nitrogen and oxygen atoms in total. The number of aromatic nitrogens is 2. The molecule has 0 fully saturated rings. The number of hydrogen-bond acceptors (Lipinski definition) is 4. The van der Waals surface area contributed by atoms with Gasteiger partial charge < -0.3 is 9.84 Å². The van der Waals surface area contributed by atoms with Crippen molar-refractivity contribution < 1.29 is 14.6 Å². The maximum atomic E-state index is 11.6. The van der Waals surface area contributed by atoms with Crippen molar-refractivity contribution in [3.05, 3.63) is 82.7 Å². The molecule has 0 saturated carbocycles. The van der Waals surface area contributed by atoms with Gasteiger partial charge >= 0.3 is 5.97 Å². The molecule has 0 aliphatic carbocycles. The van der Waals surface area contributed by atoms with E-state index in [4.69, 9.17) is 4.74 Å². The van der Waals surface area contributed by atoms with E-state index in [0.29, 0.717) is 24.7 Å². The molecule has 1 aliphatic heterocycles. The quantitative estimate of drug-likeness (QED) is 0.761. The van der Waals surface area contributed by atoms with Crippen LogP contribution in [0.4, 0.5) is 0 Å². The van der Waals surface area contributed by atoms with Gasteiger partial charge in [-0.3, -0.25) is 0 Å². The molecule has 1 aliphatic rings. The molecule has 0 radical (unpaired) electrons. The number of nitrogens with zero attached hydrogens (tertiary/aromatic N) is 2. The molecule has 2 heterocycles. The highest BCUT2D eigenvalue weighted by molar-refractivity contribution is 5.92. The molecule has 0 unspecified atom stereocenters. The third-order valence-corrected chi connectivity index (χ3v) is 4.56. The Labute approximate surface area is 157 Å². The van der Waals surface area contributed by atoms with Crippen molar-refractivity contribution in [2.75, 3.05) is 6.61 Å². The maximum absolute atomic E-state index is 11.6. The molecule has 3 aromatic rings. The average Bonchev–Trinajstić information content (AvgIpc) is 2.72. The lowest BCUT2D eigenvalue weighted by molar-refractivity contribution is 0.0695. The second kappa shape index (κ2) is 7.51. The van der Waals surface area contributed by atoms with E-state index in [-0.39, 0.29) is 5.56 Å². The molecule has 0 spiro atoms. The van der Waals surface area contributed by atoms with Crippen molar-refractivity contribution in [1.82, 2.24) is 9.97 Å². The van der Waals surface area contributed by atoms with Crippen molar-refractivity contribution in [1.29, 1.82) is 0 Å². The maximum Gasteiger partial charge on any atom is 0.339 e. The minimum atomic E-state index is -1.04. The van der Waals surface area contributed by atoms with Crippen molar-refractivity contribution in [3.63, 3.8) is 0 Å². The van der Waals surface area contributed by atoms with E-state index in [1.165, 1.54) is 17.3 Å². The summed E-state index contributed by atoms with van der Waals surface area (Å²) >= 11 is 0. The minimum Gasteiger partial charge on any atom is -0.478 e. The molecule has 0 amide bonds. The normalized spacial score (nSPS) is 13.5. The third kappa shape index (κ3) is 3.64. The summed E-state index contributed by atoms with van der Waals surface area (Å²) in [7, 11) is 0. The summed E-state index contributed by atoms with van der Waals surface area (Å²) in [4.78, 5) is 20.3. The van der Waals surface area contributed by atoms with E-state index in [9.17, 15) is 9.90 Å². The monoisotopic (exact) mass is 358 g/mol. The summed E-state index contributed by atoms with van der Waals surface area (Å²) < 4.78 is 5.51. The van der Waals surface area contributed by atoms with Crippen LogP contribution in [0, 0.1) is 0 Å². The highest BCUT2D eigenvalue weighted by Gasteiger charge is 2.14. The van der Waals surface area contributed by atoms with Crippen LogP contribution >= 0.6 is 0 Å². The van der Waals surface area contributed by atoms with Gasteiger partial charge in [-0.1, -0.05) is 54.6 Å². The van der Waals surface area contributed by atoms with Gasteiger partial charge in [-0.05, 0) is 29.2 Å². The predicted molar refractivity (Wildman–Crippen MR) is 103 cm³/mol. The zero-order chi connectivity index (χ0) is 18.6. The Morgan fingerprint density at radius 2 is 1.93 bits per heavy atom. The smallest absolute Gasteiger partial charge is 0.339 e. The summed E-state index contributed by atoms with van der Waals surface area (Å²) in [6.45, 7) is 1.31. The molecular weight excluding hydrogens is 340 g/mol. The fraction of sp³-hybridized carbons (Fsp3) is 0.136. The van der Waals surface area contributed by atoms with Crippen LogP contribution in [0.3, 0.4) is 0 Å². The molecule has 0 atom stereocenters. The first-order chi connectivity index (χ1) is 13.2. The molecule has 1 N–H and O–H groups in total. The van der Waals surface area contributed by atoms with Crippen LogP contribution in [-0.4, -0.2) is 27.7 Å². The Hall–Kier alpha value is -3.31. The van der Waals surface area contributed by atoms with Crippen molar-refractivity contribution in [2.45, 2.75) is 13.0 Å². The van der Waals surface area contributed by atoms with E-state index >= 15 is 0 Å². The Morgan fingerprint density at radius 3 is 2.74 bits per heavy atom. The first kappa shape index (κ1) is 17.1. The van der Waals surface area contributed by atoms with E-state index in [1.807, 2.05) is 48.5 Å². The molecule has 0 bridgehead atoms. The number of rotatable bonds is 4. The van der Waals surface area contributed by atoms with Crippen molar-refractivity contribution >= 4 is 18.1 Å². The Kier molecular flexibility index (Phi) is 4.77. The summed E-state index contributed by atoms with van der Waals surface area (Å²) in [5, 5.41) is 9.49. The summed E-state index contributed by atoms with van der Waals surface area (Å²) in [5.41, 5.74) is 4.80. The molecular formula is C22H18N2O3. The van der Waals surface area contributed by atoms with E-state index in [2.05, 4.69) is 16.0 Å². The van der Waals surface area contributed by atoms with Crippen molar-refractivity contribution in [3.8, 4) is 11.4 Å². The minimum absolute atomic E-state index is 0.0825. The van der Waals surface area contributed by atoms with Gasteiger partial charge in [0, 0.05) is 11.8 Å². The number of hydrogen-bond donors (Lipinski definition) is 1. The third-order valence-electron chi connectivity index (χ3n) is 4.56. The number of carboxylic acids is 1. The molecule has 5 heteroatoms. The van der Waals surface area contributed by atoms with Gasteiger partial charge in [0.1, 0.15) is 5.56 Å². The van der Waals surface area contributed by atoms with E-state index < -0.39 is 5.97 Å². The average molecular weight is 358 g/mol. The second-order valence-electron chi connectivity index (χ2n) is 6.28. The van der Waals surface area contributed by atoms with Crippen molar-refractivity contribution in [2.24, 2.45) is 0 Å². The van der Waals surface area contributed by atoms with Gasteiger partial charge in [0.25, 0.3) is 0 Å². The van der Waals surface area contributed by atoms with Crippen LogP contribution in [0.2, 0.25) is 0 Å². The van der Waals surface area contributed by atoms with Crippen LogP contribution in [0.25, 0.3) is 23.5 Å². The first-order valence-corrected chi connectivity index (χ1v) is 8.75. The van der Waals surface area contributed by atoms with Gasteiger partial charge in [0.05, 0.1) is 18.9 Å². The van der Waals surface area contributed by atoms with Crippen LogP contribution < -0.4 is 0 Å². The van der Waals surface area contributed by atoms with Crippen LogP contribution in [0.1, 0.15) is 32.7 Å². The largest absolute Gasteiger partial charge is 0.478 e. The number of aromatic carboxylic acids is 1. The highest BCUT2D eigenvalue weighted by atomic mass is 16.5. The molecule has 27 heavy (non-hydrogen) atoms. The Bertz CT molecular complexity index is 1010. The summed E-state index contributed by atoms with van der Waals surface area (Å²) in [6, 6.07) is 15.6. The van der Waals surface area contributed by atoms with Gasteiger partial charge in [-0.2, -0.15) is 0 Å². The van der Waals surface area contributed by atoms with E-state index in [1.54, 1.807) is 6.08 Å².